The molecule has 12 heteroatoms. The average Bonchev–Trinajstić information content (AvgIpc) is 2.70. The summed E-state index contributed by atoms with van der Waals surface area (Å²) in [7, 11) is 2.24. The molecule has 2 rings (SSSR count). The summed E-state index contributed by atoms with van der Waals surface area (Å²) >= 11 is 5.88. The number of pyridine rings is 2. The molecule has 0 aliphatic carbocycles. The number of ether oxygens (including phenoxy) is 1. The molecule has 0 aromatic carbocycles. The van der Waals surface area contributed by atoms with Gasteiger partial charge in [-0.25, -0.2) is 14.8 Å². The van der Waals surface area contributed by atoms with E-state index in [1.165, 1.54) is 32.3 Å². The van der Waals surface area contributed by atoms with Crippen LogP contribution in [0.4, 0.5) is 16.4 Å². The molecule has 3 N–H and O–H groups in total. The smallest absolute Gasteiger partial charge is 0.410 e. The zero-order valence-corrected chi connectivity index (χ0v) is 20.0. The Bertz CT molecular complexity index is 1060. The maximum Gasteiger partial charge on any atom is 0.410 e. The summed E-state index contributed by atoms with van der Waals surface area (Å²) in [5.41, 5.74) is 0.290. The van der Waals surface area contributed by atoms with Crippen LogP contribution < -0.4 is 16.1 Å². The molecule has 33 heavy (non-hydrogen) atoms. The van der Waals surface area contributed by atoms with Crippen molar-refractivity contribution >= 4 is 54.1 Å². The Kier molecular flexibility index (Phi) is 8.40. The Morgan fingerprint density at radius 1 is 1.18 bits per heavy atom. The van der Waals surface area contributed by atoms with Crippen LogP contribution in [0.2, 0.25) is 5.02 Å². The third kappa shape index (κ3) is 7.43. The van der Waals surface area contributed by atoms with E-state index >= 15 is 0 Å². The van der Waals surface area contributed by atoms with Crippen LogP contribution in [0, 0.1) is 6.92 Å². The van der Waals surface area contributed by atoms with Crippen molar-refractivity contribution < 1.29 is 24.1 Å². The molecule has 1 unspecified atom stereocenters. The number of carbonyl (C=O) groups is 3. The molecule has 1 radical (unpaired) electrons. The highest BCUT2D eigenvalue weighted by Gasteiger charge is 2.27. The van der Waals surface area contributed by atoms with Crippen LogP contribution in [-0.2, 0) is 9.53 Å². The first-order valence-electron chi connectivity index (χ1n) is 10.0. The first-order valence-corrected chi connectivity index (χ1v) is 10.4. The lowest BCUT2D eigenvalue weighted by Crippen LogP contribution is -2.45. The Labute approximate surface area is 198 Å². The molecule has 0 saturated carbocycles. The molecule has 2 heterocycles. The molecule has 0 aliphatic heterocycles. The van der Waals surface area contributed by atoms with Gasteiger partial charge in [0, 0.05) is 13.2 Å². The Morgan fingerprint density at radius 2 is 1.79 bits per heavy atom. The fourth-order valence-electron chi connectivity index (χ4n) is 2.61. The quantitative estimate of drug-likeness (QED) is 0.546. The number of halogens is 1. The molecule has 2 aromatic heterocycles. The van der Waals surface area contributed by atoms with E-state index in [2.05, 4.69) is 20.6 Å². The number of aryl methyl sites for hydroxylation is 1. The minimum Gasteiger partial charge on any atom is -0.450 e. The topological polar surface area (TPSA) is 134 Å². The van der Waals surface area contributed by atoms with Gasteiger partial charge in [0.05, 0.1) is 5.02 Å². The van der Waals surface area contributed by atoms with Gasteiger partial charge in [0.25, 0.3) is 5.91 Å². The monoisotopic (exact) mass is 474 g/mol. The summed E-state index contributed by atoms with van der Waals surface area (Å²) in [4.78, 5) is 46.9. The first kappa shape index (κ1) is 26.1. The maximum absolute atomic E-state index is 12.7. The number of likely N-dealkylation sites (N-methyl/N-ethyl adjacent to an activating group) is 1. The zero-order valence-electron chi connectivity index (χ0n) is 19.3. The van der Waals surface area contributed by atoms with E-state index in [4.69, 9.17) is 16.3 Å². The molecular weight excluding hydrogens is 449 g/mol. The number of hydrogen-bond donors (Lipinski definition) is 3. The van der Waals surface area contributed by atoms with E-state index in [-0.39, 0.29) is 22.8 Å². The molecule has 10 nitrogen and oxygen atoms in total. The molecule has 0 bridgehead atoms. The normalized spacial score (nSPS) is 11.9. The lowest BCUT2D eigenvalue weighted by molar-refractivity contribution is -0.120. The minimum atomic E-state index is -0.887. The lowest BCUT2D eigenvalue weighted by Gasteiger charge is -2.28. The minimum absolute atomic E-state index is 0.0586. The second-order valence-electron chi connectivity index (χ2n) is 8.33. The van der Waals surface area contributed by atoms with Crippen LogP contribution in [-0.4, -0.2) is 64.0 Å². The largest absolute Gasteiger partial charge is 0.450 e. The van der Waals surface area contributed by atoms with Crippen molar-refractivity contribution in [3.63, 3.8) is 0 Å². The summed E-state index contributed by atoms with van der Waals surface area (Å²) in [6.07, 6.45) is 0.692. The summed E-state index contributed by atoms with van der Waals surface area (Å²) in [5.74, 6) is -0.953. The second kappa shape index (κ2) is 10.6. The van der Waals surface area contributed by atoms with Crippen molar-refractivity contribution in [3.8, 4) is 0 Å². The van der Waals surface area contributed by atoms with E-state index in [0.717, 1.165) is 12.4 Å². The SMILES string of the molecule is Cc1cc(Cl)cnc1C(=O)Nc1cc([B]O)cc(NC(=O)C(C)N(C)C(=O)OC(C)(C)C)n1. The molecule has 0 saturated heterocycles. The summed E-state index contributed by atoms with van der Waals surface area (Å²) in [6, 6.07) is 3.53. The van der Waals surface area contributed by atoms with Gasteiger partial charge in [-0.15, -0.1) is 0 Å². The summed E-state index contributed by atoms with van der Waals surface area (Å²) in [5, 5.41) is 15.0. The third-order valence-corrected chi connectivity index (χ3v) is 4.60. The van der Waals surface area contributed by atoms with Crippen molar-refractivity contribution in [2.75, 3.05) is 17.7 Å². The Balaban J connectivity index is 2.17. The van der Waals surface area contributed by atoms with Gasteiger partial charge in [-0.1, -0.05) is 11.6 Å². The van der Waals surface area contributed by atoms with Crippen molar-refractivity contribution in [2.24, 2.45) is 0 Å². The molecular formula is C21H26BClN5O5. The molecule has 1 atom stereocenters. The summed E-state index contributed by atoms with van der Waals surface area (Å²) in [6.45, 7) is 8.38. The van der Waals surface area contributed by atoms with Gasteiger partial charge in [-0.05, 0) is 63.8 Å². The van der Waals surface area contributed by atoms with E-state index in [0.29, 0.717) is 10.6 Å². The van der Waals surface area contributed by atoms with Crippen LogP contribution >= 0.6 is 11.6 Å². The van der Waals surface area contributed by atoms with Crippen molar-refractivity contribution in [1.82, 2.24) is 14.9 Å². The van der Waals surface area contributed by atoms with Crippen LogP contribution in [0.25, 0.3) is 0 Å². The average molecular weight is 475 g/mol. The molecule has 0 spiro atoms. The van der Waals surface area contributed by atoms with Gasteiger partial charge in [-0.3, -0.25) is 14.5 Å². The number of anilines is 2. The zero-order chi connectivity index (χ0) is 24.9. The number of nitrogens with zero attached hydrogens (tertiary/aromatic N) is 3. The van der Waals surface area contributed by atoms with E-state index in [9.17, 15) is 19.4 Å². The molecule has 0 aliphatic rings. The van der Waals surface area contributed by atoms with Crippen LogP contribution in [0.1, 0.15) is 43.7 Å². The first-order chi connectivity index (χ1) is 15.3. The molecule has 3 amide bonds. The van der Waals surface area contributed by atoms with Gasteiger partial charge >= 0.3 is 13.6 Å². The predicted octanol–water partition coefficient (Wildman–Crippen LogP) is 2.12. The maximum atomic E-state index is 12.7. The highest BCUT2D eigenvalue weighted by Crippen LogP contribution is 2.15. The fraction of sp³-hybridized carbons (Fsp3) is 0.381. The van der Waals surface area contributed by atoms with Crippen LogP contribution in [0.3, 0.4) is 0 Å². The molecule has 175 valence electrons. The molecule has 2 aromatic rings. The third-order valence-electron chi connectivity index (χ3n) is 4.39. The van der Waals surface area contributed by atoms with Crippen molar-refractivity contribution in [2.45, 2.75) is 46.3 Å². The highest BCUT2D eigenvalue weighted by molar-refractivity contribution is 6.45. The van der Waals surface area contributed by atoms with Gasteiger partial charge in [-0.2, -0.15) is 0 Å². The van der Waals surface area contributed by atoms with Gasteiger partial charge in [0.1, 0.15) is 29.0 Å². The standard InChI is InChI=1S/C21H26BClN5O5/c1-11-7-14(23)10-24-17(11)19(30)27-16-9-13(22-32)8-15(25-16)26-18(29)12(2)28(6)20(31)33-21(3,4)5/h7-10,12,32H,1-6H3,(H2,25,26,27,29,30). The number of nitrogens with one attached hydrogen (secondary N) is 2. The lowest BCUT2D eigenvalue weighted by atomic mass is 9.89. The van der Waals surface area contributed by atoms with Crippen LogP contribution in [0.5, 0.6) is 0 Å². The predicted molar refractivity (Wildman–Crippen MR) is 126 cm³/mol. The van der Waals surface area contributed by atoms with Gasteiger partial charge < -0.3 is 20.4 Å². The van der Waals surface area contributed by atoms with Gasteiger partial charge in [0.15, 0.2) is 0 Å². The highest BCUT2D eigenvalue weighted by atomic mass is 35.5. The Morgan fingerprint density at radius 3 is 2.33 bits per heavy atom. The van der Waals surface area contributed by atoms with Crippen LogP contribution in [0.15, 0.2) is 24.4 Å². The molecule has 0 fully saturated rings. The number of aromatic nitrogens is 2. The fourth-order valence-corrected chi connectivity index (χ4v) is 2.82. The van der Waals surface area contributed by atoms with E-state index in [1.54, 1.807) is 33.8 Å². The van der Waals surface area contributed by atoms with Crippen molar-refractivity contribution in [1.29, 1.82) is 0 Å². The van der Waals surface area contributed by atoms with E-state index in [1.807, 2.05) is 0 Å². The number of rotatable bonds is 6. The van der Waals surface area contributed by atoms with E-state index < -0.39 is 29.6 Å². The number of hydrogen-bond acceptors (Lipinski definition) is 7. The van der Waals surface area contributed by atoms with Crippen molar-refractivity contribution in [3.05, 3.63) is 40.7 Å². The number of amides is 3. The van der Waals surface area contributed by atoms with Gasteiger partial charge in [0.2, 0.25) is 5.91 Å². The number of carbonyl (C=O) groups excluding carboxylic acids is 3. The second-order valence-corrected chi connectivity index (χ2v) is 8.77. The Hall–Kier alpha value is -3.18. The summed E-state index contributed by atoms with van der Waals surface area (Å²) < 4.78 is 5.27.